The maximum absolute atomic E-state index is 10.6. The molecular weight excluding hydrogens is 150 g/mol. The molecule has 0 saturated carbocycles. The minimum Gasteiger partial charge on any atom is -0.448 e. The molecule has 64 valence electrons. The number of hydrazine groups is 1. The summed E-state index contributed by atoms with van der Waals surface area (Å²) in [4.78, 5) is 21.2. The zero-order valence-electron chi connectivity index (χ0n) is 6.24. The third-order valence-electron chi connectivity index (χ3n) is 0.908. The molecule has 0 heterocycles. The van der Waals surface area contributed by atoms with Crippen molar-refractivity contribution in [2.45, 2.75) is 6.92 Å². The zero-order chi connectivity index (χ0) is 8.85. The molecule has 4 N–H and O–H groups in total. The number of carbonyl (C=O) groups excluding carboxylic acids is 2. The highest BCUT2D eigenvalue weighted by molar-refractivity contribution is 5.92. The molecule has 0 atom stereocenters. The Balaban J connectivity index is 3.91. The quantitative estimate of drug-likeness (QED) is 0.301. The third-order valence-corrected chi connectivity index (χ3v) is 0.908. The summed E-state index contributed by atoms with van der Waals surface area (Å²) in [7, 11) is 0. The van der Waals surface area contributed by atoms with Crippen molar-refractivity contribution in [2.24, 2.45) is 11.6 Å². The molecule has 0 unspecified atom stereocenters. The molecule has 6 nitrogen and oxygen atoms in total. The van der Waals surface area contributed by atoms with Gasteiger partial charge in [0.15, 0.2) is 0 Å². The van der Waals surface area contributed by atoms with Crippen LogP contribution in [0.4, 0.5) is 4.79 Å². The average molecular weight is 161 g/mol. The lowest BCUT2D eigenvalue weighted by atomic mass is 10.6. The van der Waals surface area contributed by atoms with Gasteiger partial charge in [0, 0.05) is 0 Å². The SMILES string of the molecule is CCOC(=O)N(N)C(=O)CN. The first-order valence-corrected chi connectivity index (χ1v) is 3.08. The topological polar surface area (TPSA) is 98.6 Å². The Morgan fingerprint density at radius 2 is 2.09 bits per heavy atom. The number of carbonyl (C=O) groups is 2. The van der Waals surface area contributed by atoms with Gasteiger partial charge in [0.2, 0.25) is 0 Å². The Morgan fingerprint density at radius 3 is 2.45 bits per heavy atom. The standard InChI is InChI=1S/C5H11N3O3/c1-2-11-5(10)8(7)4(9)3-6/h2-3,6-7H2,1H3. The fourth-order valence-electron chi connectivity index (χ4n) is 0.393. The minimum absolute atomic E-state index is 0.171. The molecule has 0 saturated heterocycles. The number of hydrogen-bond donors (Lipinski definition) is 2. The number of rotatable bonds is 2. The van der Waals surface area contributed by atoms with E-state index < -0.39 is 12.0 Å². The van der Waals surface area contributed by atoms with Crippen molar-refractivity contribution >= 4 is 12.0 Å². The Hall–Kier alpha value is -1.14. The van der Waals surface area contributed by atoms with E-state index >= 15 is 0 Å². The molecule has 0 aromatic carbocycles. The summed E-state index contributed by atoms with van der Waals surface area (Å²) in [6.07, 6.45) is -0.886. The second kappa shape index (κ2) is 4.64. The monoisotopic (exact) mass is 161 g/mol. The average Bonchev–Trinajstić information content (AvgIpc) is 2.02. The number of ether oxygens (including phenoxy) is 1. The predicted molar refractivity (Wildman–Crippen MR) is 37.1 cm³/mol. The van der Waals surface area contributed by atoms with Crippen LogP contribution in [0, 0.1) is 0 Å². The number of amides is 2. The van der Waals surface area contributed by atoms with Crippen LogP contribution in [0.1, 0.15) is 6.92 Å². The molecular formula is C5H11N3O3. The lowest BCUT2D eigenvalue weighted by molar-refractivity contribution is -0.128. The Bertz CT molecular complexity index is 159. The molecule has 0 spiro atoms. The van der Waals surface area contributed by atoms with Gasteiger partial charge in [-0.3, -0.25) is 4.79 Å². The minimum atomic E-state index is -0.886. The molecule has 0 rings (SSSR count). The van der Waals surface area contributed by atoms with Crippen LogP contribution in [0.5, 0.6) is 0 Å². The van der Waals surface area contributed by atoms with Gasteiger partial charge in [0.1, 0.15) is 0 Å². The van der Waals surface area contributed by atoms with E-state index in [0.717, 1.165) is 0 Å². The van der Waals surface area contributed by atoms with Gasteiger partial charge in [-0.1, -0.05) is 0 Å². The van der Waals surface area contributed by atoms with E-state index in [1.165, 1.54) is 0 Å². The molecule has 0 aromatic heterocycles. The number of nitrogens with zero attached hydrogens (tertiary/aromatic N) is 1. The molecule has 0 bridgehead atoms. The van der Waals surface area contributed by atoms with Crippen molar-refractivity contribution in [3.8, 4) is 0 Å². The molecule has 0 aliphatic heterocycles. The molecule has 0 fully saturated rings. The van der Waals surface area contributed by atoms with Crippen molar-refractivity contribution in [1.82, 2.24) is 5.01 Å². The van der Waals surface area contributed by atoms with Crippen LogP contribution < -0.4 is 11.6 Å². The Kier molecular flexibility index (Phi) is 4.16. The molecule has 0 radical (unpaired) electrons. The van der Waals surface area contributed by atoms with Gasteiger partial charge >= 0.3 is 6.09 Å². The van der Waals surface area contributed by atoms with Gasteiger partial charge < -0.3 is 10.5 Å². The second-order valence-corrected chi connectivity index (χ2v) is 1.67. The first-order valence-electron chi connectivity index (χ1n) is 3.08. The van der Waals surface area contributed by atoms with Crippen LogP contribution in [-0.4, -0.2) is 30.2 Å². The molecule has 6 heteroatoms. The summed E-state index contributed by atoms with van der Waals surface area (Å²) < 4.78 is 4.41. The van der Waals surface area contributed by atoms with Gasteiger partial charge in [-0.25, -0.2) is 10.6 Å². The summed E-state index contributed by atoms with van der Waals surface area (Å²) in [5, 5.41) is 0.351. The van der Waals surface area contributed by atoms with E-state index in [-0.39, 0.29) is 13.2 Å². The van der Waals surface area contributed by atoms with Crippen molar-refractivity contribution in [2.75, 3.05) is 13.2 Å². The van der Waals surface area contributed by atoms with Crippen LogP contribution in [0.15, 0.2) is 0 Å². The zero-order valence-corrected chi connectivity index (χ0v) is 6.24. The highest BCUT2D eigenvalue weighted by atomic mass is 16.6. The van der Waals surface area contributed by atoms with Crippen LogP contribution >= 0.6 is 0 Å². The maximum Gasteiger partial charge on any atom is 0.431 e. The molecule has 11 heavy (non-hydrogen) atoms. The van der Waals surface area contributed by atoms with E-state index in [1.54, 1.807) is 6.92 Å². The van der Waals surface area contributed by atoms with E-state index in [9.17, 15) is 9.59 Å². The van der Waals surface area contributed by atoms with E-state index in [2.05, 4.69) is 4.74 Å². The first-order chi connectivity index (χ1) is 5.13. The van der Waals surface area contributed by atoms with Crippen LogP contribution in [0.25, 0.3) is 0 Å². The number of imide groups is 1. The van der Waals surface area contributed by atoms with Crippen molar-refractivity contribution in [3.05, 3.63) is 0 Å². The maximum atomic E-state index is 10.6. The van der Waals surface area contributed by atoms with Crippen molar-refractivity contribution in [1.29, 1.82) is 0 Å². The highest BCUT2D eigenvalue weighted by Gasteiger charge is 2.16. The Labute approximate surface area is 64.0 Å². The third kappa shape index (κ3) is 2.96. The Morgan fingerprint density at radius 1 is 1.55 bits per heavy atom. The number of hydrogen-bond acceptors (Lipinski definition) is 5. The van der Waals surface area contributed by atoms with Gasteiger partial charge in [-0.15, -0.1) is 0 Å². The molecule has 0 aliphatic carbocycles. The summed E-state index contributed by atoms with van der Waals surface area (Å²) >= 11 is 0. The van der Waals surface area contributed by atoms with Gasteiger partial charge in [0.25, 0.3) is 5.91 Å². The predicted octanol–water partition coefficient (Wildman–Crippen LogP) is -1.20. The molecule has 2 amide bonds. The van der Waals surface area contributed by atoms with Crippen LogP contribution in [-0.2, 0) is 9.53 Å². The second-order valence-electron chi connectivity index (χ2n) is 1.67. The normalized spacial score (nSPS) is 9.00. The summed E-state index contributed by atoms with van der Waals surface area (Å²) in [6.45, 7) is 1.47. The van der Waals surface area contributed by atoms with Gasteiger partial charge in [-0.05, 0) is 6.92 Å². The smallest absolute Gasteiger partial charge is 0.431 e. The van der Waals surface area contributed by atoms with E-state index in [1.807, 2.05) is 0 Å². The summed E-state index contributed by atoms with van der Waals surface area (Å²) in [5.41, 5.74) is 4.93. The lowest BCUT2D eigenvalue weighted by Crippen LogP contribution is -2.45. The van der Waals surface area contributed by atoms with E-state index in [0.29, 0.717) is 5.01 Å². The highest BCUT2D eigenvalue weighted by Crippen LogP contribution is 1.86. The van der Waals surface area contributed by atoms with Crippen molar-refractivity contribution < 1.29 is 14.3 Å². The van der Waals surface area contributed by atoms with Crippen LogP contribution in [0.2, 0.25) is 0 Å². The van der Waals surface area contributed by atoms with Gasteiger partial charge in [0.05, 0.1) is 13.2 Å². The lowest BCUT2D eigenvalue weighted by Gasteiger charge is -2.11. The van der Waals surface area contributed by atoms with Gasteiger partial charge in [-0.2, -0.15) is 5.01 Å². The molecule has 0 aliphatic rings. The summed E-state index contributed by atoms with van der Waals surface area (Å²) in [5.74, 6) is 4.31. The summed E-state index contributed by atoms with van der Waals surface area (Å²) in [6, 6.07) is 0. The number of nitrogens with two attached hydrogens (primary N) is 2. The van der Waals surface area contributed by atoms with Crippen LogP contribution in [0.3, 0.4) is 0 Å². The fraction of sp³-hybridized carbons (Fsp3) is 0.600. The van der Waals surface area contributed by atoms with Crippen molar-refractivity contribution in [3.63, 3.8) is 0 Å². The first kappa shape index (κ1) is 9.86. The van der Waals surface area contributed by atoms with E-state index in [4.69, 9.17) is 11.6 Å². The molecule has 0 aromatic rings. The largest absolute Gasteiger partial charge is 0.448 e. The fourth-order valence-corrected chi connectivity index (χ4v) is 0.393.